The molecule has 0 aliphatic carbocycles. The predicted molar refractivity (Wildman–Crippen MR) is 81.8 cm³/mol. The molecule has 0 aliphatic rings. The van der Waals surface area contributed by atoms with Gasteiger partial charge in [0.2, 0.25) is 5.95 Å². The highest BCUT2D eigenvalue weighted by molar-refractivity contribution is 5.52. The number of rotatable bonds is 6. The maximum absolute atomic E-state index is 5.13. The van der Waals surface area contributed by atoms with E-state index in [-0.39, 0.29) is 0 Å². The third kappa shape index (κ3) is 3.40. The molecule has 0 radical (unpaired) electrons. The van der Waals surface area contributed by atoms with Crippen LogP contribution in [-0.2, 0) is 13.0 Å². The highest BCUT2D eigenvalue weighted by Gasteiger charge is 2.04. The van der Waals surface area contributed by atoms with E-state index in [1.54, 1.807) is 12.3 Å². The van der Waals surface area contributed by atoms with Crippen molar-refractivity contribution in [2.45, 2.75) is 26.8 Å². The third-order valence-electron chi connectivity index (χ3n) is 3.01. The van der Waals surface area contributed by atoms with E-state index in [0.29, 0.717) is 18.3 Å². The first kappa shape index (κ1) is 14.1. The van der Waals surface area contributed by atoms with Crippen LogP contribution in [0.3, 0.4) is 0 Å². The summed E-state index contributed by atoms with van der Waals surface area (Å²) in [6.07, 6.45) is 2.56. The van der Waals surface area contributed by atoms with Crippen molar-refractivity contribution in [3.8, 4) is 0 Å². The molecule has 0 fully saturated rings. The molecule has 3 heterocycles. The van der Waals surface area contributed by atoms with E-state index in [1.165, 1.54) is 0 Å². The summed E-state index contributed by atoms with van der Waals surface area (Å²) in [5, 5.41) is 17.2. The Hall–Kier alpha value is -2.90. The lowest BCUT2D eigenvalue weighted by Crippen LogP contribution is -2.04. The standard InChI is InChI=1S/C14H17N7O/c1-3-10-7-13(20-19-10)17-12-4-5-15-14(18-12)16-8-11-6-9(2)21-22-11/h4-7H,3,8H2,1-2H3,(H3,15,16,17,18,19,20). The first-order chi connectivity index (χ1) is 10.7. The molecule has 0 saturated carbocycles. The lowest BCUT2D eigenvalue weighted by Gasteiger charge is -2.05. The largest absolute Gasteiger partial charge is 0.359 e. The number of H-pyrrole nitrogens is 1. The van der Waals surface area contributed by atoms with Crippen LogP contribution in [-0.4, -0.2) is 25.3 Å². The van der Waals surface area contributed by atoms with Crippen LogP contribution in [0.25, 0.3) is 0 Å². The fraction of sp³-hybridized carbons (Fsp3) is 0.286. The lowest BCUT2D eigenvalue weighted by molar-refractivity contribution is 0.384. The van der Waals surface area contributed by atoms with Gasteiger partial charge in [0.1, 0.15) is 11.6 Å². The Morgan fingerprint density at radius 1 is 1.32 bits per heavy atom. The minimum absolute atomic E-state index is 0.480. The average Bonchev–Trinajstić information content (AvgIpc) is 3.14. The number of hydrogen-bond donors (Lipinski definition) is 3. The topological polar surface area (TPSA) is 105 Å². The molecular weight excluding hydrogens is 282 g/mol. The van der Waals surface area contributed by atoms with Crippen molar-refractivity contribution in [2.24, 2.45) is 0 Å². The van der Waals surface area contributed by atoms with Crippen LogP contribution in [0.1, 0.15) is 24.1 Å². The lowest BCUT2D eigenvalue weighted by atomic mass is 10.3. The van der Waals surface area contributed by atoms with Gasteiger partial charge in [-0.1, -0.05) is 12.1 Å². The van der Waals surface area contributed by atoms with Crippen molar-refractivity contribution in [3.05, 3.63) is 41.5 Å². The molecule has 3 aromatic rings. The number of hydrogen-bond acceptors (Lipinski definition) is 7. The number of aromatic amines is 1. The second-order valence-electron chi connectivity index (χ2n) is 4.81. The first-order valence-corrected chi connectivity index (χ1v) is 7.03. The molecule has 8 nitrogen and oxygen atoms in total. The molecule has 0 amide bonds. The van der Waals surface area contributed by atoms with E-state index in [1.807, 2.05) is 19.1 Å². The van der Waals surface area contributed by atoms with Gasteiger partial charge in [-0.2, -0.15) is 10.1 Å². The van der Waals surface area contributed by atoms with E-state index in [9.17, 15) is 0 Å². The van der Waals surface area contributed by atoms with Crippen LogP contribution in [0.15, 0.2) is 28.9 Å². The summed E-state index contributed by atoms with van der Waals surface area (Å²) in [5.41, 5.74) is 1.84. The van der Waals surface area contributed by atoms with E-state index >= 15 is 0 Å². The van der Waals surface area contributed by atoms with Crippen molar-refractivity contribution >= 4 is 17.6 Å². The Labute approximate surface area is 127 Å². The highest BCUT2D eigenvalue weighted by atomic mass is 16.5. The van der Waals surface area contributed by atoms with Gasteiger partial charge in [0.25, 0.3) is 0 Å². The molecule has 0 saturated heterocycles. The zero-order chi connectivity index (χ0) is 15.4. The Bertz CT molecular complexity index is 749. The van der Waals surface area contributed by atoms with E-state index < -0.39 is 0 Å². The molecule has 0 unspecified atom stereocenters. The second-order valence-corrected chi connectivity index (χ2v) is 4.81. The number of nitrogens with one attached hydrogen (secondary N) is 3. The van der Waals surface area contributed by atoms with Gasteiger partial charge in [0.05, 0.1) is 17.9 Å². The van der Waals surface area contributed by atoms with Crippen LogP contribution >= 0.6 is 0 Å². The number of aromatic nitrogens is 5. The highest BCUT2D eigenvalue weighted by Crippen LogP contribution is 2.14. The Morgan fingerprint density at radius 2 is 2.23 bits per heavy atom. The van der Waals surface area contributed by atoms with Crippen molar-refractivity contribution in [2.75, 3.05) is 10.6 Å². The van der Waals surface area contributed by atoms with Crippen LogP contribution in [0.5, 0.6) is 0 Å². The molecular formula is C14H17N7O. The molecule has 0 spiro atoms. The minimum Gasteiger partial charge on any atom is -0.359 e. The third-order valence-corrected chi connectivity index (χ3v) is 3.01. The van der Waals surface area contributed by atoms with E-state index in [0.717, 1.165) is 29.4 Å². The van der Waals surface area contributed by atoms with Crippen LogP contribution in [0, 0.1) is 6.92 Å². The summed E-state index contributed by atoms with van der Waals surface area (Å²) in [6.45, 7) is 4.41. The van der Waals surface area contributed by atoms with E-state index in [4.69, 9.17) is 4.52 Å². The van der Waals surface area contributed by atoms with Gasteiger partial charge in [0.15, 0.2) is 5.76 Å². The zero-order valence-corrected chi connectivity index (χ0v) is 12.4. The summed E-state index contributed by atoms with van der Waals surface area (Å²) < 4.78 is 5.13. The van der Waals surface area contributed by atoms with Crippen LogP contribution < -0.4 is 10.6 Å². The molecule has 0 aliphatic heterocycles. The fourth-order valence-corrected chi connectivity index (χ4v) is 1.93. The van der Waals surface area contributed by atoms with Crippen molar-refractivity contribution in [1.82, 2.24) is 25.3 Å². The molecule has 0 aromatic carbocycles. The van der Waals surface area contributed by atoms with Crippen LogP contribution in [0.4, 0.5) is 17.6 Å². The van der Waals surface area contributed by atoms with Gasteiger partial charge in [0, 0.05) is 18.3 Å². The molecule has 0 bridgehead atoms. The summed E-state index contributed by atoms with van der Waals surface area (Å²) >= 11 is 0. The van der Waals surface area contributed by atoms with E-state index in [2.05, 4.69) is 42.9 Å². The Balaban J connectivity index is 1.64. The molecule has 22 heavy (non-hydrogen) atoms. The van der Waals surface area contributed by atoms with Gasteiger partial charge >= 0.3 is 0 Å². The number of anilines is 3. The molecule has 3 rings (SSSR count). The maximum atomic E-state index is 5.13. The summed E-state index contributed by atoms with van der Waals surface area (Å²) in [6, 6.07) is 5.61. The average molecular weight is 299 g/mol. The molecule has 8 heteroatoms. The maximum Gasteiger partial charge on any atom is 0.224 e. The summed E-state index contributed by atoms with van der Waals surface area (Å²) in [4.78, 5) is 8.56. The molecule has 3 N–H and O–H groups in total. The zero-order valence-electron chi connectivity index (χ0n) is 12.4. The predicted octanol–water partition coefficient (Wildman–Crippen LogP) is 2.41. The number of nitrogens with zero attached hydrogens (tertiary/aromatic N) is 4. The van der Waals surface area contributed by atoms with Gasteiger partial charge in [-0.25, -0.2) is 4.98 Å². The fourth-order valence-electron chi connectivity index (χ4n) is 1.93. The number of aryl methyl sites for hydroxylation is 2. The van der Waals surface area contributed by atoms with Gasteiger partial charge < -0.3 is 15.2 Å². The summed E-state index contributed by atoms with van der Waals surface area (Å²) in [7, 11) is 0. The SMILES string of the molecule is CCc1cc(Nc2ccnc(NCc3cc(C)no3)n2)[nH]n1. The normalized spacial score (nSPS) is 10.6. The molecule has 0 atom stereocenters. The molecule has 114 valence electrons. The van der Waals surface area contributed by atoms with Crippen molar-refractivity contribution in [1.29, 1.82) is 0 Å². The van der Waals surface area contributed by atoms with Crippen molar-refractivity contribution < 1.29 is 4.52 Å². The first-order valence-electron chi connectivity index (χ1n) is 7.03. The van der Waals surface area contributed by atoms with Gasteiger partial charge in [-0.05, 0) is 19.4 Å². The summed E-state index contributed by atoms with van der Waals surface area (Å²) in [5.74, 6) is 2.72. The molecule has 3 aromatic heterocycles. The van der Waals surface area contributed by atoms with Gasteiger partial charge in [-0.15, -0.1) is 0 Å². The Kier molecular flexibility index (Phi) is 3.99. The second kappa shape index (κ2) is 6.25. The van der Waals surface area contributed by atoms with Crippen molar-refractivity contribution in [3.63, 3.8) is 0 Å². The Morgan fingerprint density at radius 3 is 2.95 bits per heavy atom. The quantitative estimate of drug-likeness (QED) is 0.642. The van der Waals surface area contributed by atoms with Gasteiger partial charge in [-0.3, -0.25) is 5.10 Å². The minimum atomic E-state index is 0.480. The monoisotopic (exact) mass is 299 g/mol. The smallest absolute Gasteiger partial charge is 0.224 e. The van der Waals surface area contributed by atoms with Crippen LogP contribution in [0.2, 0.25) is 0 Å².